The van der Waals surface area contributed by atoms with Crippen LogP contribution in [0, 0.1) is 0 Å². The van der Waals surface area contributed by atoms with E-state index in [-0.39, 0.29) is 11.0 Å². The van der Waals surface area contributed by atoms with Gasteiger partial charge in [-0.05, 0) is 5.56 Å². The van der Waals surface area contributed by atoms with E-state index in [0.29, 0.717) is 6.61 Å². The average Bonchev–Trinajstić information content (AvgIpc) is 2.44. The fraction of sp³-hybridized carbons (Fsp3) is 0.455. The molecule has 1 aliphatic rings. The molecule has 0 spiro atoms. The molecule has 1 aromatic rings. The predicted octanol–water partition coefficient (Wildman–Crippen LogP) is 2.50. The van der Waals surface area contributed by atoms with E-state index in [1.807, 2.05) is 32.0 Å². The molecule has 0 radical (unpaired) electrons. The molecule has 1 unspecified atom stereocenters. The zero-order chi connectivity index (χ0) is 10.2. The first-order chi connectivity index (χ1) is 6.62. The van der Waals surface area contributed by atoms with Gasteiger partial charge in [0.25, 0.3) is 0 Å². The quantitative estimate of drug-likeness (QED) is 0.660. The van der Waals surface area contributed by atoms with Gasteiger partial charge in [0.1, 0.15) is 0 Å². The molecule has 0 N–H and O–H groups in total. The Labute approximate surface area is 85.7 Å². The second-order valence-electron chi connectivity index (χ2n) is 4.28. The van der Waals surface area contributed by atoms with Crippen LogP contribution in [0.2, 0.25) is 5.04 Å². The van der Waals surface area contributed by atoms with Gasteiger partial charge in [-0.25, -0.2) is 0 Å². The highest BCUT2D eigenvalue weighted by molar-refractivity contribution is 6.40. The van der Waals surface area contributed by atoms with Gasteiger partial charge in [-0.1, -0.05) is 44.2 Å². The molecule has 1 aliphatic heterocycles. The third-order valence-electron chi connectivity index (χ3n) is 2.98. The molecule has 2 rings (SSSR count). The minimum Gasteiger partial charge on any atom is -0.523 e. The molecule has 0 bridgehead atoms. The van der Waals surface area contributed by atoms with Crippen LogP contribution >= 0.6 is 0 Å². The third kappa shape index (κ3) is 1.41. The Morgan fingerprint density at radius 1 is 1.36 bits per heavy atom. The van der Waals surface area contributed by atoms with Crippen molar-refractivity contribution in [2.75, 3.05) is 6.61 Å². The molecule has 1 aromatic carbocycles. The maximum atomic E-state index is 11.6. The molecule has 1 saturated heterocycles. The molecule has 0 saturated carbocycles. The summed E-state index contributed by atoms with van der Waals surface area (Å²) in [4.78, 5) is 0. The first-order valence-corrected chi connectivity index (χ1v) is 6.16. The van der Waals surface area contributed by atoms with E-state index in [1.165, 1.54) is 5.56 Å². The largest absolute Gasteiger partial charge is 0.523 e. The van der Waals surface area contributed by atoms with E-state index >= 15 is 0 Å². The van der Waals surface area contributed by atoms with Gasteiger partial charge in [0.2, 0.25) is 0 Å². The first-order valence-electron chi connectivity index (χ1n) is 4.84. The minimum absolute atomic E-state index is 0.202. The van der Waals surface area contributed by atoms with E-state index in [1.54, 1.807) is 0 Å². The summed E-state index contributed by atoms with van der Waals surface area (Å²) >= 11 is 0. The lowest BCUT2D eigenvalue weighted by molar-refractivity contribution is 0.316. The van der Waals surface area contributed by atoms with Crippen molar-refractivity contribution < 1.29 is 8.89 Å². The van der Waals surface area contributed by atoms with Crippen LogP contribution in [0.1, 0.15) is 25.3 Å². The van der Waals surface area contributed by atoms with Crippen molar-refractivity contribution in [1.29, 1.82) is 0 Å². The van der Waals surface area contributed by atoms with Gasteiger partial charge in [-0.3, -0.25) is 0 Å². The summed E-state index contributed by atoms with van der Waals surface area (Å²) in [6.45, 7) is 4.65. The summed E-state index contributed by atoms with van der Waals surface area (Å²) in [5.74, 6) is 0.273. The highest BCUT2D eigenvalue weighted by atomic mass is 28.3. The monoisotopic (exact) mass is 206 g/mol. The van der Waals surface area contributed by atoms with Crippen molar-refractivity contribution in [2.45, 2.75) is 24.8 Å². The second kappa shape index (κ2) is 3.31. The Hall–Kier alpha value is -0.963. The van der Waals surface area contributed by atoms with E-state index in [4.69, 9.17) is 4.43 Å². The topological polar surface area (TPSA) is 26.3 Å². The van der Waals surface area contributed by atoms with Crippen LogP contribution in [0.5, 0.6) is 0 Å². The Kier molecular flexibility index (Phi) is 2.27. The molecule has 1 fully saturated rings. The smallest absolute Gasteiger partial charge is 0.509 e. The van der Waals surface area contributed by atoms with Crippen LogP contribution < -0.4 is 0 Å². The van der Waals surface area contributed by atoms with Gasteiger partial charge in [0, 0.05) is 5.92 Å². The fourth-order valence-corrected chi connectivity index (χ4v) is 3.12. The Bertz CT molecular complexity index is 346. The molecule has 1 atom stereocenters. The highest BCUT2D eigenvalue weighted by Gasteiger charge is 2.47. The van der Waals surface area contributed by atoms with Gasteiger partial charge in [-0.15, -0.1) is 0 Å². The Balaban J connectivity index is 2.33. The number of benzene rings is 1. The van der Waals surface area contributed by atoms with Crippen LogP contribution in [-0.2, 0) is 8.89 Å². The molecule has 0 aliphatic carbocycles. The molecule has 1 heterocycles. The highest BCUT2D eigenvalue weighted by Crippen LogP contribution is 2.46. The van der Waals surface area contributed by atoms with Crippen LogP contribution in [0.25, 0.3) is 0 Å². The SMILES string of the molecule is CC1(C)C(c2ccccc2)CO[Si]1=O. The summed E-state index contributed by atoms with van der Waals surface area (Å²) in [6, 6.07) is 10.2. The summed E-state index contributed by atoms with van der Waals surface area (Å²) in [6.07, 6.45) is 0. The van der Waals surface area contributed by atoms with E-state index < -0.39 is 8.93 Å². The minimum atomic E-state index is -1.88. The van der Waals surface area contributed by atoms with Crippen molar-refractivity contribution in [3.05, 3.63) is 35.9 Å². The molecular weight excluding hydrogens is 192 g/mol. The Morgan fingerprint density at radius 2 is 2.00 bits per heavy atom. The first kappa shape index (κ1) is 9.59. The lowest BCUT2D eigenvalue weighted by atomic mass is 9.88. The number of hydrogen-bond acceptors (Lipinski definition) is 2. The summed E-state index contributed by atoms with van der Waals surface area (Å²) in [7, 11) is -1.88. The van der Waals surface area contributed by atoms with Gasteiger partial charge < -0.3 is 8.89 Å². The molecule has 2 nitrogen and oxygen atoms in total. The number of hydrogen-bond donors (Lipinski definition) is 0. The molecule has 74 valence electrons. The molecular formula is C11H14O2Si. The average molecular weight is 206 g/mol. The molecule has 14 heavy (non-hydrogen) atoms. The summed E-state index contributed by atoms with van der Waals surface area (Å²) in [5, 5.41) is -0.202. The van der Waals surface area contributed by atoms with Crippen molar-refractivity contribution in [3.8, 4) is 0 Å². The van der Waals surface area contributed by atoms with E-state index in [2.05, 4.69) is 12.1 Å². The number of rotatable bonds is 1. The maximum Gasteiger partial charge on any atom is 0.509 e. The fourth-order valence-electron chi connectivity index (χ4n) is 1.89. The van der Waals surface area contributed by atoms with Gasteiger partial charge >= 0.3 is 8.93 Å². The molecule has 0 amide bonds. The van der Waals surface area contributed by atoms with Gasteiger partial charge in [0.15, 0.2) is 0 Å². The van der Waals surface area contributed by atoms with Crippen LogP contribution in [0.4, 0.5) is 0 Å². The van der Waals surface area contributed by atoms with Crippen LogP contribution in [-0.4, -0.2) is 15.5 Å². The zero-order valence-corrected chi connectivity index (χ0v) is 9.49. The maximum absolute atomic E-state index is 11.6. The lowest BCUT2D eigenvalue weighted by Crippen LogP contribution is -2.18. The molecule has 0 aromatic heterocycles. The summed E-state index contributed by atoms with van der Waals surface area (Å²) in [5.41, 5.74) is 1.23. The molecule has 3 heteroatoms. The van der Waals surface area contributed by atoms with E-state index in [0.717, 1.165) is 0 Å². The van der Waals surface area contributed by atoms with Crippen molar-refractivity contribution in [2.24, 2.45) is 0 Å². The van der Waals surface area contributed by atoms with Crippen molar-refractivity contribution in [1.82, 2.24) is 0 Å². The van der Waals surface area contributed by atoms with Gasteiger partial charge in [0.05, 0.1) is 11.6 Å². The zero-order valence-electron chi connectivity index (χ0n) is 8.49. The van der Waals surface area contributed by atoms with Crippen LogP contribution in [0.15, 0.2) is 30.3 Å². The lowest BCUT2D eigenvalue weighted by Gasteiger charge is -2.21. The second-order valence-corrected chi connectivity index (χ2v) is 6.44. The van der Waals surface area contributed by atoms with Gasteiger partial charge in [-0.2, -0.15) is 0 Å². The Morgan fingerprint density at radius 3 is 2.50 bits per heavy atom. The van der Waals surface area contributed by atoms with E-state index in [9.17, 15) is 4.46 Å². The normalized spacial score (nSPS) is 24.7. The van der Waals surface area contributed by atoms with Crippen LogP contribution in [0.3, 0.4) is 0 Å². The van der Waals surface area contributed by atoms with Crippen molar-refractivity contribution in [3.63, 3.8) is 0 Å². The third-order valence-corrected chi connectivity index (χ3v) is 4.81. The predicted molar refractivity (Wildman–Crippen MR) is 55.6 cm³/mol. The van der Waals surface area contributed by atoms with Crippen molar-refractivity contribution >= 4 is 8.93 Å². The summed E-state index contributed by atoms with van der Waals surface area (Å²) < 4.78 is 16.9. The standard InChI is InChI=1S/C11H14O2Si/c1-11(2)10(8-13-14(11)12)9-6-4-3-5-7-9/h3-7,10H,8H2,1-2H3.